The molecule has 0 aliphatic carbocycles. The number of anilines is 1. The lowest BCUT2D eigenvalue weighted by Gasteiger charge is -2.18. The van der Waals surface area contributed by atoms with Crippen LogP contribution in [0, 0.1) is 6.92 Å². The second-order valence-corrected chi connectivity index (χ2v) is 6.55. The summed E-state index contributed by atoms with van der Waals surface area (Å²) in [5, 5.41) is 6.04. The standard InChI is InChI=1S/C18H20BrN5O2/c1-12-5-4-6-14(23(2)20)13(12)11-26-17-9-10-24(22-17)15-7-8-16(19)21-18(15)25-3/h4-10H,11,20H2,1-3H3. The maximum atomic E-state index is 5.91. The molecule has 8 heteroatoms. The number of methoxy groups -OCH3 is 1. The summed E-state index contributed by atoms with van der Waals surface area (Å²) >= 11 is 3.33. The molecule has 7 nitrogen and oxygen atoms in total. The van der Waals surface area contributed by atoms with E-state index in [2.05, 4.69) is 26.0 Å². The number of ether oxygens (including phenoxy) is 2. The van der Waals surface area contributed by atoms with E-state index in [0.717, 1.165) is 22.5 Å². The lowest BCUT2D eigenvalue weighted by atomic mass is 10.1. The van der Waals surface area contributed by atoms with Crippen LogP contribution in [-0.2, 0) is 6.61 Å². The number of aryl methyl sites for hydroxylation is 1. The maximum absolute atomic E-state index is 5.91. The van der Waals surface area contributed by atoms with Crippen LogP contribution in [-0.4, -0.2) is 28.9 Å². The molecule has 0 unspecified atom stereocenters. The summed E-state index contributed by atoms with van der Waals surface area (Å²) in [4.78, 5) is 4.29. The van der Waals surface area contributed by atoms with Crippen molar-refractivity contribution in [2.75, 3.05) is 19.2 Å². The molecule has 0 bridgehead atoms. The summed E-state index contributed by atoms with van der Waals surface area (Å²) in [5.41, 5.74) is 3.78. The van der Waals surface area contributed by atoms with Crippen LogP contribution in [0.2, 0.25) is 0 Å². The van der Waals surface area contributed by atoms with Gasteiger partial charge in [-0.15, -0.1) is 5.10 Å². The molecule has 0 radical (unpaired) electrons. The lowest BCUT2D eigenvalue weighted by molar-refractivity contribution is 0.291. The molecule has 0 saturated heterocycles. The Labute approximate surface area is 160 Å². The van der Waals surface area contributed by atoms with E-state index >= 15 is 0 Å². The van der Waals surface area contributed by atoms with Gasteiger partial charge in [0.15, 0.2) is 0 Å². The smallest absolute Gasteiger partial charge is 0.240 e. The Balaban J connectivity index is 1.81. The fourth-order valence-corrected chi connectivity index (χ4v) is 2.90. The number of aromatic nitrogens is 3. The van der Waals surface area contributed by atoms with Gasteiger partial charge in [-0.3, -0.25) is 0 Å². The Hall–Kier alpha value is -2.58. The first-order chi connectivity index (χ1) is 12.5. The fourth-order valence-electron chi connectivity index (χ4n) is 2.60. The first kappa shape index (κ1) is 18.2. The van der Waals surface area contributed by atoms with Crippen LogP contribution in [0.3, 0.4) is 0 Å². The van der Waals surface area contributed by atoms with Crippen molar-refractivity contribution in [2.24, 2.45) is 5.84 Å². The van der Waals surface area contributed by atoms with E-state index in [0.29, 0.717) is 23.0 Å². The van der Waals surface area contributed by atoms with E-state index in [1.54, 1.807) is 36.1 Å². The highest BCUT2D eigenvalue weighted by atomic mass is 79.9. The number of halogens is 1. The van der Waals surface area contributed by atoms with Gasteiger partial charge in [0.25, 0.3) is 0 Å². The largest absolute Gasteiger partial charge is 0.479 e. The van der Waals surface area contributed by atoms with Gasteiger partial charge in [-0.1, -0.05) is 12.1 Å². The summed E-state index contributed by atoms with van der Waals surface area (Å²) in [6.45, 7) is 2.40. The lowest BCUT2D eigenvalue weighted by Crippen LogP contribution is -2.26. The predicted molar refractivity (Wildman–Crippen MR) is 104 cm³/mol. The Morgan fingerprint density at radius 3 is 2.77 bits per heavy atom. The van der Waals surface area contributed by atoms with E-state index < -0.39 is 0 Å². The van der Waals surface area contributed by atoms with Crippen LogP contribution >= 0.6 is 15.9 Å². The van der Waals surface area contributed by atoms with Crippen LogP contribution in [0.4, 0.5) is 5.69 Å². The zero-order valence-corrected chi connectivity index (χ0v) is 16.4. The molecule has 0 fully saturated rings. The molecular formula is C18H20BrN5O2. The first-order valence-corrected chi connectivity index (χ1v) is 8.75. The van der Waals surface area contributed by atoms with Crippen LogP contribution in [0.15, 0.2) is 47.2 Å². The van der Waals surface area contributed by atoms with E-state index in [9.17, 15) is 0 Å². The molecule has 1 aromatic carbocycles. The summed E-state index contributed by atoms with van der Waals surface area (Å²) in [5.74, 6) is 6.89. The minimum atomic E-state index is 0.371. The minimum Gasteiger partial charge on any atom is -0.479 e. The second-order valence-electron chi connectivity index (χ2n) is 5.73. The summed E-state index contributed by atoms with van der Waals surface area (Å²) < 4.78 is 13.6. The number of hydrogen-bond acceptors (Lipinski definition) is 6. The molecule has 2 heterocycles. The third-order valence-electron chi connectivity index (χ3n) is 3.94. The molecule has 26 heavy (non-hydrogen) atoms. The predicted octanol–water partition coefficient (Wildman–Crippen LogP) is 3.24. The Bertz CT molecular complexity index is 910. The minimum absolute atomic E-state index is 0.371. The summed E-state index contributed by atoms with van der Waals surface area (Å²) in [6, 6.07) is 11.5. The third-order valence-corrected chi connectivity index (χ3v) is 4.38. The molecular weight excluding hydrogens is 398 g/mol. The Kier molecular flexibility index (Phi) is 5.43. The van der Waals surface area contributed by atoms with Gasteiger partial charge < -0.3 is 14.5 Å². The number of rotatable bonds is 6. The van der Waals surface area contributed by atoms with Gasteiger partial charge in [0.1, 0.15) is 16.9 Å². The normalized spacial score (nSPS) is 10.7. The number of nitrogens with zero attached hydrogens (tertiary/aromatic N) is 4. The average molecular weight is 418 g/mol. The van der Waals surface area contributed by atoms with Crippen LogP contribution in [0.1, 0.15) is 11.1 Å². The molecule has 2 N–H and O–H groups in total. The molecule has 0 aliphatic heterocycles. The zero-order valence-electron chi connectivity index (χ0n) is 14.8. The molecule has 0 spiro atoms. The van der Waals surface area contributed by atoms with E-state index in [-0.39, 0.29) is 0 Å². The highest BCUT2D eigenvalue weighted by Crippen LogP contribution is 2.25. The van der Waals surface area contributed by atoms with Crippen molar-refractivity contribution >= 4 is 21.6 Å². The Morgan fingerprint density at radius 2 is 2.04 bits per heavy atom. The third kappa shape index (κ3) is 3.81. The monoisotopic (exact) mass is 417 g/mol. The van der Waals surface area contributed by atoms with Crippen molar-refractivity contribution in [3.05, 3.63) is 58.3 Å². The SMILES string of the molecule is COc1nc(Br)ccc1-n1ccc(OCc2c(C)cccc2N(C)N)n1. The van der Waals surface area contributed by atoms with Gasteiger partial charge in [-0.25, -0.2) is 15.5 Å². The maximum Gasteiger partial charge on any atom is 0.240 e. The van der Waals surface area contributed by atoms with Gasteiger partial charge >= 0.3 is 0 Å². The van der Waals surface area contributed by atoms with E-state index in [1.807, 2.05) is 37.3 Å². The molecule has 2 aromatic heterocycles. The number of nitrogens with two attached hydrogens (primary N) is 1. The quantitative estimate of drug-likeness (QED) is 0.376. The van der Waals surface area contributed by atoms with Crippen LogP contribution < -0.4 is 20.3 Å². The molecule has 0 amide bonds. The number of hydrogen-bond donors (Lipinski definition) is 1. The highest BCUT2D eigenvalue weighted by molar-refractivity contribution is 9.10. The number of benzene rings is 1. The van der Waals surface area contributed by atoms with Gasteiger partial charge in [-0.2, -0.15) is 0 Å². The van der Waals surface area contributed by atoms with Crippen molar-refractivity contribution in [2.45, 2.75) is 13.5 Å². The molecule has 0 aliphatic rings. The van der Waals surface area contributed by atoms with Gasteiger partial charge in [0.2, 0.25) is 11.8 Å². The molecule has 3 rings (SSSR count). The van der Waals surface area contributed by atoms with Gasteiger partial charge in [0, 0.05) is 24.9 Å². The molecule has 3 aromatic rings. The fraction of sp³-hybridized carbons (Fsp3) is 0.222. The van der Waals surface area contributed by atoms with Gasteiger partial charge in [0.05, 0.1) is 12.8 Å². The summed E-state index contributed by atoms with van der Waals surface area (Å²) in [7, 11) is 3.38. The van der Waals surface area contributed by atoms with Crippen molar-refractivity contribution < 1.29 is 9.47 Å². The Morgan fingerprint density at radius 1 is 1.23 bits per heavy atom. The van der Waals surface area contributed by atoms with E-state index in [1.165, 1.54) is 0 Å². The van der Waals surface area contributed by atoms with E-state index in [4.69, 9.17) is 15.3 Å². The van der Waals surface area contributed by atoms with Crippen molar-refractivity contribution in [3.8, 4) is 17.4 Å². The molecule has 0 saturated carbocycles. The topological polar surface area (TPSA) is 78.4 Å². The van der Waals surface area contributed by atoms with Crippen LogP contribution in [0.25, 0.3) is 5.69 Å². The second kappa shape index (κ2) is 7.76. The first-order valence-electron chi connectivity index (χ1n) is 7.96. The van der Waals surface area contributed by atoms with Crippen LogP contribution in [0.5, 0.6) is 11.8 Å². The zero-order chi connectivity index (χ0) is 18.7. The average Bonchev–Trinajstić information content (AvgIpc) is 3.08. The number of pyridine rings is 1. The molecule has 0 atom stereocenters. The number of hydrazine groups is 1. The summed E-state index contributed by atoms with van der Waals surface area (Å²) in [6.07, 6.45) is 1.80. The van der Waals surface area contributed by atoms with Crippen molar-refractivity contribution in [3.63, 3.8) is 0 Å². The van der Waals surface area contributed by atoms with Crippen molar-refractivity contribution in [1.82, 2.24) is 14.8 Å². The molecule has 136 valence electrons. The van der Waals surface area contributed by atoms with Crippen molar-refractivity contribution in [1.29, 1.82) is 0 Å². The van der Waals surface area contributed by atoms with Gasteiger partial charge in [-0.05, 0) is 46.6 Å². The highest BCUT2D eigenvalue weighted by Gasteiger charge is 2.12.